The van der Waals surface area contributed by atoms with Crippen LogP contribution in [0.1, 0.15) is 30.6 Å². The summed E-state index contributed by atoms with van der Waals surface area (Å²) >= 11 is 6.05. The predicted molar refractivity (Wildman–Crippen MR) is 81.7 cm³/mol. The number of hydrogen-bond acceptors (Lipinski definition) is 3. The number of benzene rings is 1. The summed E-state index contributed by atoms with van der Waals surface area (Å²) in [6, 6.07) is 4.28. The molecule has 1 fully saturated rings. The van der Waals surface area contributed by atoms with E-state index in [-0.39, 0.29) is 21.4 Å². The Labute approximate surface area is 130 Å². The first-order chi connectivity index (χ1) is 9.71. The molecule has 0 spiro atoms. The van der Waals surface area contributed by atoms with Gasteiger partial charge < -0.3 is 4.90 Å². The third-order valence-corrected chi connectivity index (χ3v) is 5.39. The van der Waals surface area contributed by atoms with Gasteiger partial charge in [0.25, 0.3) is 5.91 Å². The molecule has 0 aliphatic carbocycles. The molecule has 116 valence electrons. The Hall–Kier alpha value is -1.11. The molecule has 1 aromatic carbocycles. The molecule has 1 saturated heterocycles. The standard InChI is InChI=1S/C14H19ClN2O3S/c1-9-6-7-17(8-10(9)2)14(18)13-11(15)4-3-5-12(13)21(16,19)20/h3-5,9-10H,6-8H2,1-2H3,(H2,16,19,20). The van der Waals surface area contributed by atoms with Crippen molar-refractivity contribution in [2.75, 3.05) is 13.1 Å². The second-order valence-electron chi connectivity index (χ2n) is 5.65. The molecule has 7 heteroatoms. The van der Waals surface area contributed by atoms with Crippen LogP contribution in [0, 0.1) is 11.8 Å². The lowest BCUT2D eigenvalue weighted by Gasteiger charge is -2.35. The zero-order valence-corrected chi connectivity index (χ0v) is 13.6. The van der Waals surface area contributed by atoms with Crippen LogP contribution in [0.4, 0.5) is 0 Å². The molecule has 1 heterocycles. The van der Waals surface area contributed by atoms with Crippen LogP contribution in [-0.2, 0) is 10.0 Å². The topological polar surface area (TPSA) is 80.5 Å². The Balaban J connectivity index is 2.40. The lowest BCUT2D eigenvalue weighted by atomic mass is 9.88. The summed E-state index contributed by atoms with van der Waals surface area (Å²) in [6.45, 7) is 5.42. The molecule has 21 heavy (non-hydrogen) atoms. The van der Waals surface area contributed by atoms with Gasteiger partial charge in [-0.2, -0.15) is 0 Å². The van der Waals surface area contributed by atoms with Crippen LogP contribution in [0.5, 0.6) is 0 Å². The minimum absolute atomic E-state index is 0.0246. The molecule has 0 aromatic heterocycles. The summed E-state index contributed by atoms with van der Waals surface area (Å²) in [4.78, 5) is 14.1. The Morgan fingerprint density at radius 1 is 1.33 bits per heavy atom. The summed E-state index contributed by atoms with van der Waals surface area (Å²) in [7, 11) is -4.00. The molecule has 2 N–H and O–H groups in total. The molecular formula is C14H19ClN2O3S. The lowest BCUT2D eigenvalue weighted by molar-refractivity contribution is 0.0624. The molecule has 2 unspecified atom stereocenters. The highest BCUT2D eigenvalue weighted by Crippen LogP contribution is 2.28. The maximum Gasteiger partial charge on any atom is 0.256 e. The first kappa shape index (κ1) is 16.3. The van der Waals surface area contributed by atoms with Crippen molar-refractivity contribution >= 4 is 27.5 Å². The number of piperidine rings is 1. The number of sulfonamides is 1. The number of nitrogens with zero attached hydrogens (tertiary/aromatic N) is 1. The Morgan fingerprint density at radius 3 is 2.57 bits per heavy atom. The van der Waals surface area contributed by atoms with Crippen molar-refractivity contribution in [3.8, 4) is 0 Å². The highest BCUT2D eigenvalue weighted by Gasteiger charge is 2.30. The van der Waals surface area contributed by atoms with E-state index in [2.05, 4.69) is 13.8 Å². The van der Waals surface area contributed by atoms with Crippen LogP contribution in [0.3, 0.4) is 0 Å². The van der Waals surface area contributed by atoms with Gasteiger partial charge in [0.05, 0.1) is 15.5 Å². The normalized spacial score (nSPS) is 23.1. The fraction of sp³-hybridized carbons (Fsp3) is 0.500. The Morgan fingerprint density at radius 2 is 2.00 bits per heavy atom. The molecule has 0 radical (unpaired) electrons. The number of amides is 1. The van der Waals surface area contributed by atoms with Gasteiger partial charge in [-0.05, 0) is 30.4 Å². The van der Waals surface area contributed by atoms with Crippen LogP contribution in [0.25, 0.3) is 0 Å². The van der Waals surface area contributed by atoms with E-state index in [1.807, 2.05) is 0 Å². The fourth-order valence-corrected chi connectivity index (χ4v) is 3.62. The molecule has 1 aromatic rings. The van der Waals surface area contributed by atoms with E-state index in [1.165, 1.54) is 18.2 Å². The van der Waals surface area contributed by atoms with Crippen molar-refractivity contribution in [3.05, 3.63) is 28.8 Å². The molecule has 2 rings (SSSR count). The smallest absolute Gasteiger partial charge is 0.256 e. The number of nitrogens with two attached hydrogens (primary N) is 1. The van der Waals surface area contributed by atoms with E-state index in [9.17, 15) is 13.2 Å². The first-order valence-electron chi connectivity index (χ1n) is 6.82. The van der Waals surface area contributed by atoms with Crippen molar-refractivity contribution in [2.24, 2.45) is 17.0 Å². The second-order valence-corrected chi connectivity index (χ2v) is 7.59. The van der Waals surface area contributed by atoms with Crippen molar-refractivity contribution in [1.29, 1.82) is 0 Å². The van der Waals surface area contributed by atoms with Gasteiger partial charge in [0.2, 0.25) is 10.0 Å². The van der Waals surface area contributed by atoms with Crippen molar-refractivity contribution in [1.82, 2.24) is 4.90 Å². The van der Waals surface area contributed by atoms with Gasteiger partial charge in [-0.25, -0.2) is 13.6 Å². The van der Waals surface area contributed by atoms with Gasteiger partial charge in [-0.1, -0.05) is 31.5 Å². The van der Waals surface area contributed by atoms with Crippen LogP contribution in [0.15, 0.2) is 23.1 Å². The maximum absolute atomic E-state index is 12.7. The van der Waals surface area contributed by atoms with Gasteiger partial charge in [0, 0.05) is 13.1 Å². The number of halogens is 1. The summed E-state index contributed by atoms with van der Waals surface area (Å²) in [6.07, 6.45) is 0.891. The second kappa shape index (κ2) is 5.94. The number of hydrogen-bond donors (Lipinski definition) is 1. The number of carbonyl (C=O) groups is 1. The first-order valence-corrected chi connectivity index (χ1v) is 8.75. The number of carbonyl (C=O) groups excluding carboxylic acids is 1. The van der Waals surface area contributed by atoms with Crippen LogP contribution >= 0.6 is 11.6 Å². The molecule has 0 bridgehead atoms. The van der Waals surface area contributed by atoms with Gasteiger partial charge in [0.15, 0.2) is 0 Å². The van der Waals surface area contributed by atoms with Crippen molar-refractivity contribution in [3.63, 3.8) is 0 Å². The molecule has 1 amide bonds. The summed E-state index contributed by atoms with van der Waals surface area (Å²) in [5.41, 5.74) is -0.0246. The Bertz CT molecular complexity index is 660. The van der Waals surface area contributed by atoms with Gasteiger partial charge in [-0.15, -0.1) is 0 Å². The van der Waals surface area contributed by atoms with Gasteiger partial charge in [-0.3, -0.25) is 4.79 Å². The quantitative estimate of drug-likeness (QED) is 0.901. The third kappa shape index (κ3) is 3.39. The molecule has 2 atom stereocenters. The van der Waals surface area contributed by atoms with E-state index >= 15 is 0 Å². The van der Waals surface area contributed by atoms with Crippen LogP contribution in [-0.4, -0.2) is 32.3 Å². The third-order valence-electron chi connectivity index (χ3n) is 4.12. The van der Waals surface area contributed by atoms with Crippen LogP contribution in [0.2, 0.25) is 5.02 Å². The largest absolute Gasteiger partial charge is 0.338 e. The Kier molecular flexibility index (Phi) is 4.60. The van der Waals surface area contributed by atoms with Crippen molar-refractivity contribution < 1.29 is 13.2 Å². The zero-order chi connectivity index (χ0) is 15.8. The highest BCUT2D eigenvalue weighted by molar-refractivity contribution is 7.89. The zero-order valence-electron chi connectivity index (χ0n) is 12.0. The van der Waals surface area contributed by atoms with E-state index in [4.69, 9.17) is 16.7 Å². The minimum atomic E-state index is -4.00. The fourth-order valence-electron chi connectivity index (χ4n) is 2.55. The summed E-state index contributed by atoms with van der Waals surface area (Å²) in [5, 5.41) is 5.30. The lowest BCUT2D eigenvalue weighted by Crippen LogP contribution is -2.42. The van der Waals surface area contributed by atoms with E-state index < -0.39 is 10.0 Å². The summed E-state index contributed by atoms with van der Waals surface area (Å²) in [5.74, 6) is 0.532. The highest BCUT2D eigenvalue weighted by atomic mass is 35.5. The number of primary sulfonamides is 1. The average Bonchev–Trinajstić information content (AvgIpc) is 2.40. The molecular weight excluding hydrogens is 312 g/mol. The average molecular weight is 331 g/mol. The molecule has 0 saturated carbocycles. The predicted octanol–water partition coefficient (Wildman–Crippen LogP) is 2.11. The number of rotatable bonds is 2. The van der Waals surface area contributed by atoms with Crippen molar-refractivity contribution in [2.45, 2.75) is 25.2 Å². The molecule has 1 aliphatic rings. The number of likely N-dealkylation sites (tertiary alicyclic amines) is 1. The summed E-state index contributed by atoms with van der Waals surface area (Å²) < 4.78 is 23.3. The minimum Gasteiger partial charge on any atom is -0.338 e. The van der Waals surface area contributed by atoms with E-state index in [0.717, 1.165) is 6.42 Å². The maximum atomic E-state index is 12.7. The molecule has 5 nitrogen and oxygen atoms in total. The SMILES string of the molecule is CC1CCN(C(=O)c2c(Cl)cccc2S(N)(=O)=O)CC1C. The monoisotopic (exact) mass is 330 g/mol. The van der Waals surface area contributed by atoms with Gasteiger partial charge >= 0.3 is 0 Å². The van der Waals surface area contributed by atoms with Gasteiger partial charge in [0.1, 0.15) is 0 Å². The molecule has 1 aliphatic heterocycles. The van der Waals surface area contributed by atoms with E-state index in [1.54, 1.807) is 4.90 Å². The van der Waals surface area contributed by atoms with E-state index in [0.29, 0.717) is 24.9 Å². The van der Waals surface area contributed by atoms with Crippen LogP contribution < -0.4 is 5.14 Å².